The van der Waals surface area contributed by atoms with Gasteiger partial charge < -0.3 is 0 Å². The summed E-state index contributed by atoms with van der Waals surface area (Å²) in [6.07, 6.45) is 17.8. The van der Waals surface area contributed by atoms with Gasteiger partial charge in [0.1, 0.15) is 0 Å². The van der Waals surface area contributed by atoms with E-state index in [-0.39, 0.29) is 8.07 Å². The first-order valence-corrected chi connectivity index (χ1v) is 8.94. The third-order valence-corrected chi connectivity index (χ3v) is 5.21. The van der Waals surface area contributed by atoms with Gasteiger partial charge in [0.15, 0.2) is 0 Å². The zero-order valence-corrected chi connectivity index (χ0v) is 13.3. The van der Waals surface area contributed by atoms with Crippen LogP contribution in [0, 0.1) is 0 Å². The summed E-state index contributed by atoms with van der Waals surface area (Å²) in [5.41, 5.74) is 0. The van der Waals surface area contributed by atoms with Gasteiger partial charge in [-0.05, 0) is 33.2 Å². The number of rotatable bonds is 11. The van der Waals surface area contributed by atoms with Gasteiger partial charge in [0, 0.05) is 6.04 Å². The van der Waals surface area contributed by atoms with Gasteiger partial charge in [-0.1, -0.05) is 70.6 Å². The van der Waals surface area contributed by atoms with Crippen LogP contribution in [-0.2, 0) is 0 Å². The molecule has 0 spiro atoms. The van der Waals surface area contributed by atoms with Crippen LogP contribution in [0.15, 0.2) is 37.0 Å². The Bertz CT molecular complexity index is 241. The van der Waals surface area contributed by atoms with Crippen molar-refractivity contribution in [2.45, 2.75) is 52.5 Å². The topological polar surface area (TPSA) is 12.0 Å². The maximum absolute atomic E-state index is 3.85. The molecule has 0 saturated heterocycles. The van der Waals surface area contributed by atoms with E-state index in [4.69, 9.17) is 0 Å². The molecule has 0 fully saturated rings. The zero-order chi connectivity index (χ0) is 13.6. The Labute approximate surface area is 115 Å². The van der Waals surface area contributed by atoms with Crippen molar-refractivity contribution in [3.63, 3.8) is 0 Å². The second kappa shape index (κ2) is 13.1. The molecular formula is C16H30NP. The Morgan fingerprint density at radius 1 is 1.11 bits per heavy atom. The van der Waals surface area contributed by atoms with Crippen LogP contribution >= 0.6 is 8.07 Å². The van der Waals surface area contributed by atoms with Gasteiger partial charge in [-0.15, -0.1) is 0 Å². The normalized spacial score (nSPS) is 13.8. The van der Waals surface area contributed by atoms with E-state index in [2.05, 4.69) is 44.6 Å². The number of hydrogen-bond acceptors (Lipinski definition) is 1. The van der Waals surface area contributed by atoms with Gasteiger partial charge in [-0.25, -0.2) is 0 Å². The summed E-state index contributed by atoms with van der Waals surface area (Å²) in [7, 11) is 0.0422. The van der Waals surface area contributed by atoms with Crippen LogP contribution in [0.5, 0.6) is 0 Å². The Morgan fingerprint density at radius 3 is 2.39 bits per heavy atom. The van der Waals surface area contributed by atoms with E-state index in [1.807, 2.05) is 18.2 Å². The van der Waals surface area contributed by atoms with Crippen LogP contribution in [0.3, 0.4) is 0 Å². The standard InChI is InChI=1S/C16H30NP/c1-5-9-11-12-13-15-16(14-10-6-2)17-18(7-3)8-4/h5,9,11-13,16-17H,1,6-8,10,14-15H2,2-4H3/b11-9-,13-12-. The number of nitrogens with one attached hydrogen (secondary N) is 1. The van der Waals surface area contributed by atoms with Crippen molar-refractivity contribution in [2.24, 2.45) is 0 Å². The highest BCUT2D eigenvalue weighted by Crippen LogP contribution is 2.30. The number of allylic oxidation sites excluding steroid dienone is 4. The maximum Gasteiger partial charge on any atom is 0.0138 e. The molecule has 0 bridgehead atoms. The second-order valence-electron chi connectivity index (χ2n) is 4.42. The average Bonchev–Trinajstić information content (AvgIpc) is 2.40. The largest absolute Gasteiger partial charge is 0.292 e. The second-order valence-corrected chi connectivity index (χ2v) is 7.03. The molecule has 1 unspecified atom stereocenters. The average molecular weight is 267 g/mol. The fourth-order valence-electron chi connectivity index (χ4n) is 1.81. The lowest BCUT2D eigenvalue weighted by molar-refractivity contribution is 0.548. The van der Waals surface area contributed by atoms with E-state index in [1.54, 1.807) is 0 Å². The van der Waals surface area contributed by atoms with E-state index < -0.39 is 0 Å². The van der Waals surface area contributed by atoms with Crippen molar-refractivity contribution >= 4 is 8.07 Å². The van der Waals surface area contributed by atoms with Crippen LogP contribution in [0.4, 0.5) is 0 Å². The van der Waals surface area contributed by atoms with Crippen LogP contribution in [0.1, 0.15) is 46.5 Å². The van der Waals surface area contributed by atoms with Crippen LogP contribution < -0.4 is 5.09 Å². The van der Waals surface area contributed by atoms with Gasteiger partial charge in [0.2, 0.25) is 0 Å². The van der Waals surface area contributed by atoms with E-state index >= 15 is 0 Å². The van der Waals surface area contributed by atoms with Crippen molar-refractivity contribution in [1.82, 2.24) is 5.09 Å². The first-order chi connectivity index (χ1) is 8.78. The zero-order valence-electron chi connectivity index (χ0n) is 12.4. The number of hydrogen-bond donors (Lipinski definition) is 1. The van der Waals surface area contributed by atoms with Crippen molar-refractivity contribution < 1.29 is 0 Å². The molecule has 1 atom stereocenters. The van der Waals surface area contributed by atoms with E-state index in [1.165, 1.54) is 31.6 Å². The molecule has 0 aliphatic carbocycles. The van der Waals surface area contributed by atoms with Gasteiger partial charge in [0.05, 0.1) is 0 Å². The lowest BCUT2D eigenvalue weighted by atomic mass is 10.1. The molecule has 2 heteroatoms. The Morgan fingerprint density at radius 2 is 1.83 bits per heavy atom. The lowest BCUT2D eigenvalue weighted by Gasteiger charge is -2.23. The molecule has 0 radical (unpaired) electrons. The van der Waals surface area contributed by atoms with Crippen molar-refractivity contribution in [3.05, 3.63) is 37.0 Å². The Kier molecular flexibility index (Phi) is 12.8. The fourth-order valence-corrected chi connectivity index (χ4v) is 3.38. The Balaban J connectivity index is 4.16. The molecule has 0 rings (SSSR count). The molecular weight excluding hydrogens is 237 g/mol. The lowest BCUT2D eigenvalue weighted by Crippen LogP contribution is -2.25. The molecule has 1 nitrogen and oxygen atoms in total. The molecule has 0 aromatic heterocycles. The maximum atomic E-state index is 3.85. The summed E-state index contributed by atoms with van der Waals surface area (Å²) in [6, 6.07) is 0.657. The smallest absolute Gasteiger partial charge is 0.0138 e. The first-order valence-electron chi connectivity index (χ1n) is 7.23. The summed E-state index contributed by atoms with van der Waals surface area (Å²) in [5, 5.41) is 3.85. The summed E-state index contributed by atoms with van der Waals surface area (Å²) in [5.74, 6) is 0. The van der Waals surface area contributed by atoms with Crippen molar-refractivity contribution in [2.75, 3.05) is 12.3 Å². The van der Waals surface area contributed by atoms with Crippen LogP contribution in [-0.4, -0.2) is 18.4 Å². The van der Waals surface area contributed by atoms with Crippen molar-refractivity contribution in [1.29, 1.82) is 0 Å². The minimum absolute atomic E-state index is 0.0422. The predicted octanol–water partition coefficient (Wildman–Crippen LogP) is 5.26. The summed E-state index contributed by atoms with van der Waals surface area (Å²) in [4.78, 5) is 0. The summed E-state index contributed by atoms with van der Waals surface area (Å²) >= 11 is 0. The molecule has 0 saturated carbocycles. The summed E-state index contributed by atoms with van der Waals surface area (Å²) in [6.45, 7) is 10.5. The molecule has 0 aliphatic rings. The quantitative estimate of drug-likeness (QED) is 0.398. The molecule has 0 heterocycles. The van der Waals surface area contributed by atoms with Crippen molar-refractivity contribution in [3.8, 4) is 0 Å². The molecule has 0 amide bonds. The minimum atomic E-state index is 0.0422. The highest BCUT2D eigenvalue weighted by Gasteiger charge is 2.10. The third kappa shape index (κ3) is 9.62. The highest BCUT2D eigenvalue weighted by atomic mass is 31.1. The third-order valence-electron chi connectivity index (χ3n) is 2.95. The first kappa shape index (κ1) is 17.6. The molecule has 0 aromatic rings. The fraction of sp³-hybridized carbons (Fsp3) is 0.625. The molecule has 18 heavy (non-hydrogen) atoms. The number of unbranched alkanes of at least 4 members (excludes halogenated alkanes) is 1. The van der Waals surface area contributed by atoms with Crippen LogP contribution in [0.2, 0.25) is 0 Å². The van der Waals surface area contributed by atoms with Crippen LogP contribution in [0.25, 0.3) is 0 Å². The Hall–Kier alpha value is -0.390. The summed E-state index contributed by atoms with van der Waals surface area (Å²) < 4.78 is 0. The van der Waals surface area contributed by atoms with Gasteiger partial charge in [-0.3, -0.25) is 5.09 Å². The molecule has 0 aliphatic heterocycles. The van der Waals surface area contributed by atoms with Gasteiger partial charge >= 0.3 is 0 Å². The molecule has 104 valence electrons. The molecule has 1 N–H and O–H groups in total. The minimum Gasteiger partial charge on any atom is -0.292 e. The van der Waals surface area contributed by atoms with E-state index in [9.17, 15) is 0 Å². The van der Waals surface area contributed by atoms with E-state index in [0.29, 0.717) is 6.04 Å². The molecule has 0 aromatic carbocycles. The SMILES string of the molecule is C=C/C=C\C=C/CC(CCCC)NP(CC)CC. The van der Waals surface area contributed by atoms with Gasteiger partial charge in [-0.2, -0.15) is 0 Å². The van der Waals surface area contributed by atoms with Gasteiger partial charge in [0.25, 0.3) is 0 Å². The predicted molar refractivity (Wildman–Crippen MR) is 87.5 cm³/mol. The van der Waals surface area contributed by atoms with E-state index in [0.717, 1.165) is 6.42 Å². The highest BCUT2D eigenvalue weighted by molar-refractivity contribution is 7.55. The monoisotopic (exact) mass is 267 g/mol.